The fourth-order valence-corrected chi connectivity index (χ4v) is 6.59. The number of allylic oxidation sites excluding steroid dienone is 1. The minimum Gasteiger partial charge on any atom is -0.493 e. The summed E-state index contributed by atoms with van der Waals surface area (Å²) in [5, 5.41) is 0. The summed E-state index contributed by atoms with van der Waals surface area (Å²) in [6.45, 7) is 25.3. The Balaban J connectivity index is 2.03. The molecule has 2 aliphatic heterocycles. The van der Waals surface area contributed by atoms with Crippen LogP contribution in [0.4, 0.5) is 0 Å². The van der Waals surface area contributed by atoms with Crippen molar-refractivity contribution in [3.63, 3.8) is 0 Å². The molecule has 218 valence electrons. The number of esters is 1. The second-order valence-corrected chi connectivity index (χ2v) is 12.5. The van der Waals surface area contributed by atoms with Gasteiger partial charge in [-0.1, -0.05) is 26.0 Å². The van der Waals surface area contributed by atoms with E-state index in [2.05, 4.69) is 58.2 Å². The van der Waals surface area contributed by atoms with Crippen LogP contribution in [0.5, 0.6) is 5.75 Å². The average molecular weight is 548 g/mol. The van der Waals surface area contributed by atoms with Gasteiger partial charge in [0.2, 0.25) is 0 Å². The minimum atomic E-state index is -0.837. The van der Waals surface area contributed by atoms with E-state index in [-0.39, 0.29) is 5.97 Å². The maximum atomic E-state index is 13.6. The first-order chi connectivity index (χ1) is 18.9. The molecular formula is C35H49NO4. The number of carbonyl (C=O) groups is 1. The maximum Gasteiger partial charge on any atom is 0.339 e. The summed E-state index contributed by atoms with van der Waals surface area (Å²) in [6, 6.07) is 4.71. The second kappa shape index (κ2) is 12.0. The molecule has 0 bridgehead atoms. The Morgan fingerprint density at radius 1 is 1.07 bits per heavy atom. The molecule has 0 amide bonds. The first-order valence-electron chi connectivity index (χ1n) is 15.1. The Morgan fingerprint density at radius 2 is 1.80 bits per heavy atom. The van der Waals surface area contributed by atoms with E-state index in [4.69, 9.17) is 14.2 Å². The molecule has 2 atom stereocenters. The molecule has 5 heteroatoms. The van der Waals surface area contributed by atoms with Gasteiger partial charge in [-0.25, -0.2) is 4.79 Å². The number of hydrogen-bond donors (Lipinski definition) is 0. The molecule has 0 fully saturated rings. The normalized spacial score (nSPS) is 16.6. The molecule has 0 aliphatic carbocycles. The molecule has 0 radical (unpaired) electrons. The van der Waals surface area contributed by atoms with Crippen molar-refractivity contribution in [3.8, 4) is 16.9 Å². The van der Waals surface area contributed by atoms with E-state index < -0.39 is 11.7 Å². The van der Waals surface area contributed by atoms with Gasteiger partial charge in [0.15, 0.2) is 6.10 Å². The Morgan fingerprint density at radius 3 is 2.45 bits per heavy atom. The lowest BCUT2D eigenvalue weighted by atomic mass is 9.78. The Bertz CT molecular complexity index is 1290. The van der Waals surface area contributed by atoms with Crippen LogP contribution >= 0.6 is 0 Å². The van der Waals surface area contributed by atoms with Gasteiger partial charge in [0.1, 0.15) is 5.75 Å². The van der Waals surface area contributed by atoms with Gasteiger partial charge >= 0.3 is 5.97 Å². The number of nitrogens with zero attached hydrogens (tertiary/aromatic N) is 1. The topological polar surface area (TPSA) is 48.0 Å². The second-order valence-electron chi connectivity index (χ2n) is 12.5. The molecule has 40 heavy (non-hydrogen) atoms. The number of fused-ring (bicyclic) bond motifs is 2. The van der Waals surface area contributed by atoms with Crippen LogP contribution < -0.4 is 4.74 Å². The van der Waals surface area contributed by atoms with Gasteiger partial charge in [-0.15, -0.1) is 0 Å². The Hall–Kier alpha value is -2.79. The van der Waals surface area contributed by atoms with E-state index in [9.17, 15) is 4.79 Å². The summed E-state index contributed by atoms with van der Waals surface area (Å²) in [6.07, 6.45) is 4.21. The van der Waals surface area contributed by atoms with E-state index >= 15 is 0 Å². The summed E-state index contributed by atoms with van der Waals surface area (Å²) >= 11 is 0. The first-order valence-corrected chi connectivity index (χ1v) is 15.1. The van der Waals surface area contributed by atoms with Crippen LogP contribution in [0.1, 0.15) is 106 Å². The van der Waals surface area contributed by atoms with Gasteiger partial charge in [0.25, 0.3) is 0 Å². The SMILES string of the molecule is C=C1Cc2c(C)c([C@H](OC(C)(C)C)C(=O)OCC)c(-c3ccc4c(c3C)CCCO4)c(C)c2CN1C(C)CCC. The van der Waals surface area contributed by atoms with E-state index in [1.807, 2.05) is 27.7 Å². The van der Waals surface area contributed by atoms with E-state index in [1.165, 1.54) is 27.8 Å². The first kappa shape index (κ1) is 30.2. The molecule has 2 aromatic rings. The molecule has 0 saturated heterocycles. The zero-order valence-corrected chi connectivity index (χ0v) is 26.3. The lowest BCUT2D eigenvalue weighted by molar-refractivity contribution is -0.166. The number of ether oxygens (including phenoxy) is 3. The molecule has 2 aliphatic rings. The standard InChI is InChI=1S/C35H49NO4/c1-11-14-21(3)36-20-29-25(7)31(27-16-17-30-26(23(27)5)15-13-18-39-30)32(24(6)28(29)19-22(36)4)33(34(37)38-12-2)40-35(8,9)10/h16-17,21,33H,4,11-15,18-20H2,1-3,5-10H3/t21?,33-/m0/s1. The van der Waals surface area contributed by atoms with Crippen LogP contribution in [-0.2, 0) is 33.7 Å². The molecule has 2 aromatic carbocycles. The lowest BCUT2D eigenvalue weighted by Gasteiger charge is -2.40. The van der Waals surface area contributed by atoms with Gasteiger partial charge in [0, 0.05) is 30.3 Å². The zero-order chi connectivity index (χ0) is 29.4. The molecule has 0 saturated carbocycles. The maximum absolute atomic E-state index is 13.6. The van der Waals surface area contributed by atoms with Crippen molar-refractivity contribution < 1.29 is 19.0 Å². The van der Waals surface area contributed by atoms with Crippen molar-refractivity contribution in [1.29, 1.82) is 0 Å². The van der Waals surface area contributed by atoms with Crippen LogP contribution in [-0.4, -0.2) is 35.7 Å². The van der Waals surface area contributed by atoms with Gasteiger partial charge < -0.3 is 19.1 Å². The summed E-state index contributed by atoms with van der Waals surface area (Å²) in [4.78, 5) is 16.1. The third kappa shape index (κ3) is 5.81. The van der Waals surface area contributed by atoms with E-state index in [0.29, 0.717) is 12.6 Å². The summed E-state index contributed by atoms with van der Waals surface area (Å²) in [5.41, 5.74) is 11.2. The van der Waals surface area contributed by atoms with Crippen LogP contribution in [0.15, 0.2) is 24.4 Å². The fourth-order valence-electron chi connectivity index (χ4n) is 6.59. The molecular weight excluding hydrogens is 498 g/mol. The highest BCUT2D eigenvalue weighted by Gasteiger charge is 2.37. The molecule has 0 aromatic heterocycles. The van der Waals surface area contributed by atoms with Crippen molar-refractivity contribution in [2.75, 3.05) is 13.2 Å². The summed E-state index contributed by atoms with van der Waals surface area (Å²) < 4.78 is 18.2. The lowest BCUT2D eigenvalue weighted by Crippen LogP contribution is -2.37. The molecule has 2 heterocycles. The summed E-state index contributed by atoms with van der Waals surface area (Å²) in [5.74, 6) is 0.637. The Labute approximate surface area is 241 Å². The van der Waals surface area contributed by atoms with Crippen LogP contribution in [0.3, 0.4) is 0 Å². The number of rotatable bonds is 8. The number of carbonyl (C=O) groups excluding carboxylic acids is 1. The van der Waals surface area contributed by atoms with Crippen molar-refractivity contribution in [3.05, 3.63) is 63.4 Å². The highest BCUT2D eigenvalue weighted by Crippen LogP contribution is 2.46. The number of benzene rings is 2. The predicted molar refractivity (Wildman–Crippen MR) is 163 cm³/mol. The molecule has 1 unspecified atom stereocenters. The fraction of sp³-hybridized carbons (Fsp3) is 0.571. The molecule has 0 spiro atoms. The monoisotopic (exact) mass is 547 g/mol. The van der Waals surface area contributed by atoms with E-state index in [0.717, 1.165) is 79.0 Å². The van der Waals surface area contributed by atoms with Crippen molar-refractivity contribution in [2.45, 2.75) is 119 Å². The summed E-state index contributed by atoms with van der Waals surface area (Å²) in [7, 11) is 0. The Kier molecular flexibility index (Phi) is 9.04. The molecule has 5 nitrogen and oxygen atoms in total. The zero-order valence-electron chi connectivity index (χ0n) is 26.3. The average Bonchev–Trinajstić information content (AvgIpc) is 2.89. The van der Waals surface area contributed by atoms with Gasteiger partial charge in [-0.05, 0) is 125 Å². The van der Waals surface area contributed by atoms with E-state index in [1.54, 1.807) is 0 Å². The minimum absolute atomic E-state index is 0.303. The van der Waals surface area contributed by atoms with Gasteiger partial charge in [-0.3, -0.25) is 0 Å². The van der Waals surface area contributed by atoms with Gasteiger partial charge in [-0.2, -0.15) is 0 Å². The third-order valence-electron chi connectivity index (χ3n) is 8.56. The third-order valence-corrected chi connectivity index (χ3v) is 8.56. The predicted octanol–water partition coefficient (Wildman–Crippen LogP) is 8.08. The van der Waals surface area contributed by atoms with Crippen molar-refractivity contribution in [1.82, 2.24) is 4.90 Å². The highest BCUT2D eigenvalue weighted by molar-refractivity contribution is 5.86. The van der Waals surface area contributed by atoms with Crippen molar-refractivity contribution in [2.24, 2.45) is 0 Å². The quantitative estimate of drug-likeness (QED) is 0.313. The van der Waals surface area contributed by atoms with Crippen LogP contribution in [0.2, 0.25) is 0 Å². The molecule has 0 N–H and O–H groups in total. The van der Waals surface area contributed by atoms with Gasteiger partial charge in [0.05, 0.1) is 18.8 Å². The molecule has 4 rings (SSSR count). The van der Waals surface area contributed by atoms with Crippen LogP contribution in [0, 0.1) is 20.8 Å². The van der Waals surface area contributed by atoms with Crippen molar-refractivity contribution >= 4 is 5.97 Å². The smallest absolute Gasteiger partial charge is 0.339 e. The van der Waals surface area contributed by atoms with Crippen LogP contribution in [0.25, 0.3) is 11.1 Å². The largest absolute Gasteiger partial charge is 0.493 e. The number of hydrogen-bond acceptors (Lipinski definition) is 5. The highest BCUT2D eigenvalue weighted by atomic mass is 16.6.